The van der Waals surface area contributed by atoms with Crippen molar-refractivity contribution in [3.63, 3.8) is 0 Å². The molecule has 0 radical (unpaired) electrons. The molecule has 4 rings (SSSR count). The summed E-state index contributed by atoms with van der Waals surface area (Å²) in [5.74, 6) is 0.634. The third-order valence-corrected chi connectivity index (χ3v) is 6.37. The van der Waals surface area contributed by atoms with Crippen LogP contribution in [0.25, 0.3) is 11.4 Å². The normalized spacial score (nSPS) is 21.9. The van der Waals surface area contributed by atoms with Gasteiger partial charge >= 0.3 is 0 Å². The first kappa shape index (κ1) is 23.4. The second-order valence-corrected chi connectivity index (χ2v) is 9.13. The molecule has 3 heterocycles. The summed E-state index contributed by atoms with van der Waals surface area (Å²) >= 11 is 0. The molecule has 0 spiro atoms. The zero-order valence-electron chi connectivity index (χ0n) is 19.4. The average Bonchev–Trinajstić information content (AvgIpc) is 3.27. The summed E-state index contributed by atoms with van der Waals surface area (Å²) in [6, 6.07) is 4.64. The Morgan fingerprint density at radius 3 is 2.48 bits per heavy atom. The number of ether oxygens (including phenoxy) is 1. The van der Waals surface area contributed by atoms with E-state index in [0.29, 0.717) is 68.3 Å². The summed E-state index contributed by atoms with van der Waals surface area (Å²) in [6.45, 7) is 8.08. The van der Waals surface area contributed by atoms with Gasteiger partial charge in [-0.05, 0) is 57.4 Å². The van der Waals surface area contributed by atoms with Crippen molar-refractivity contribution in [1.82, 2.24) is 19.9 Å². The monoisotopic (exact) mass is 458 g/mol. The fourth-order valence-corrected chi connectivity index (χ4v) is 4.62. The zero-order valence-corrected chi connectivity index (χ0v) is 19.4. The number of aromatic nitrogens is 2. The van der Waals surface area contributed by atoms with Gasteiger partial charge in [0.1, 0.15) is 5.82 Å². The van der Waals surface area contributed by atoms with E-state index in [4.69, 9.17) is 9.26 Å². The third kappa shape index (κ3) is 5.58. The number of aryl methyl sites for hydroxylation is 2. The molecule has 2 aliphatic rings. The molecular formula is C24H31FN4O4. The van der Waals surface area contributed by atoms with Gasteiger partial charge in [-0.3, -0.25) is 9.59 Å². The SMILES string of the molecule is Cc1cc(-c2noc(CCC(=O)N3CCC(C(=O)N4CC(C)OC(C)C4)CC3)n2)ccc1F. The predicted octanol–water partition coefficient (Wildman–Crippen LogP) is 2.99. The highest BCUT2D eigenvalue weighted by Crippen LogP contribution is 2.23. The molecule has 33 heavy (non-hydrogen) atoms. The highest BCUT2D eigenvalue weighted by atomic mass is 19.1. The number of carbonyl (C=O) groups is 2. The van der Waals surface area contributed by atoms with E-state index in [9.17, 15) is 14.0 Å². The highest BCUT2D eigenvalue weighted by Gasteiger charge is 2.33. The molecule has 0 saturated carbocycles. The lowest BCUT2D eigenvalue weighted by Crippen LogP contribution is -2.51. The molecule has 2 saturated heterocycles. The van der Waals surface area contributed by atoms with Crippen molar-refractivity contribution in [2.45, 2.75) is 58.7 Å². The number of halogens is 1. The number of carbonyl (C=O) groups excluding carboxylic acids is 2. The molecule has 0 N–H and O–H groups in total. The minimum atomic E-state index is -0.285. The van der Waals surface area contributed by atoms with Crippen molar-refractivity contribution in [1.29, 1.82) is 0 Å². The molecule has 178 valence electrons. The van der Waals surface area contributed by atoms with Crippen LogP contribution >= 0.6 is 0 Å². The number of piperidine rings is 1. The second-order valence-electron chi connectivity index (χ2n) is 9.13. The third-order valence-electron chi connectivity index (χ3n) is 6.37. The van der Waals surface area contributed by atoms with Gasteiger partial charge < -0.3 is 19.1 Å². The quantitative estimate of drug-likeness (QED) is 0.685. The van der Waals surface area contributed by atoms with Gasteiger partial charge in [-0.2, -0.15) is 4.98 Å². The Morgan fingerprint density at radius 2 is 1.82 bits per heavy atom. The summed E-state index contributed by atoms with van der Waals surface area (Å²) in [5.41, 5.74) is 1.18. The number of hydrogen-bond acceptors (Lipinski definition) is 6. The Balaban J connectivity index is 1.25. The van der Waals surface area contributed by atoms with Crippen LogP contribution in [0.3, 0.4) is 0 Å². The van der Waals surface area contributed by atoms with E-state index in [2.05, 4.69) is 10.1 Å². The molecule has 2 unspecified atom stereocenters. The number of rotatable bonds is 5. The van der Waals surface area contributed by atoms with Gasteiger partial charge in [-0.1, -0.05) is 5.16 Å². The molecule has 2 aromatic rings. The van der Waals surface area contributed by atoms with Gasteiger partial charge in [0, 0.05) is 50.5 Å². The van der Waals surface area contributed by atoms with Crippen molar-refractivity contribution in [2.24, 2.45) is 5.92 Å². The van der Waals surface area contributed by atoms with Gasteiger partial charge in [0.05, 0.1) is 12.2 Å². The molecule has 2 atom stereocenters. The minimum Gasteiger partial charge on any atom is -0.372 e. The fourth-order valence-electron chi connectivity index (χ4n) is 4.62. The largest absolute Gasteiger partial charge is 0.372 e. The molecule has 2 amide bonds. The summed E-state index contributed by atoms with van der Waals surface area (Å²) in [6.07, 6.45) is 2.07. The van der Waals surface area contributed by atoms with Crippen LogP contribution in [0.5, 0.6) is 0 Å². The Labute approximate surface area is 193 Å². The highest BCUT2D eigenvalue weighted by molar-refractivity contribution is 5.80. The van der Waals surface area contributed by atoms with Crippen LogP contribution in [0.4, 0.5) is 4.39 Å². The summed E-state index contributed by atoms with van der Waals surface area (Å²) in [5, 5.41) is 3.95. The van der Waals surface area contributed by atoms with Gasteiger partial charge in [-0.15, -0.1) is 0 Å². The Morgan fingerprint density at radius 1 is 1.12 bits per heavy atom. The van der Waals surface area contributed by atoms with Crippen LogP contribution in [0, 0.1) is 18.7 Å². The van der Waals surface area contributed by atoms with E-state index in [1.807, 2.05) is 23.6 Å². The molecule has 1 aromatic heterocycles. The number of likely N-dealkylation sites (tertiary alicyclic amines) is 1. The minimum absolute atomic E-state index is 0.0203. The van der Waals surface area contributed by atoms with Crippen LogP contribution in [0.2, 0.25) is 0 Å². The first-order valence-electron chi connectivity index (χ1n) is 11.6. The predicted molar refractivity (Wildman–Crippen MR) is 119 cm³/mol. The van der Waals surface area contributed by atoms with Crippen molar-refractivity contribution in [3.8, 4) is 11.4 Å². The van der Waals surface area contributed by atoms with Gasteiger partial charge in [-0.25, -0.2) is 4.39 Å². The Kier molecular flexibility index (Phi) is 7.07. The van der Waals surface area contributed by atoms with Crippen LogP contribution in [0.1, 0.15) is 44.6 Å². The van der Waals surface area contributed by atoms with Gasteiger partial charge in [0.25, 0.3) is 0 Å². The van der Waals surface area contributed by atoms with E-state index < -0.39 is 0 Å². The van der Waals surface area contributed by atoms with E-state index >= 15 is 0 Å². The molecular weight excluding hydrogens is 427 g/mol. The maximum atomic E-state index is 13.5. The molecule has 0 bridgehead atoms. The number of morpholine rings is 1. The standard InChI is InChI=1S/C24H31FN4O4/c1-15-12-19(4-5-20(15)25)23-26-21(33-27-23)6-7-22(30)28-10-8-18(9-11-28)24(31)29-13-16(2)32-17(3)14-29/h4-5,12,16-18H,6-11,13-14H2,1-3H3. The first-order valence-corrected chi connectivity index (χ1v) is 11.6. The summed E-state index contributed by atoms with van der Waals surface area (Å²) in [7, 11) is 0. The summed E-state index contributed by atoms with van der Waals surface area (Å²) < 4.78 is 24.5. The lowest BCUT2D eigenvalue weighted by atomic mass is 9.94. The average molecular weight is 459 g/mol. The van der Waals surface area contributed by atoms with Crippen molar-refractivity contribution < 1.29 is 23.2 Å². The smallest absolute Gasteiger partial charge is 0.227 e. The summed E-state index contributed by atoms with van der Waals surface area (Å²) in [4.78, 5) is 33.7. The van der Waals surface area contributed by atoms with Gasteiger partial charge in [0.15, 0.2) is 0 Å². The number of amides is 2. The molecule has 2 fully saturated rings. The zero-order chi connectivity index (χ0) is 23.5. The molecule has 0 aliphatic carbocycles. The fraction of sp³-hybridized carbons (Fsp3) is 0.583. The maximum Gasteiger partial charge on any atom is 0.227 e. The Hall–Kier alpha value is -2.81. The number of benzene rings is 1. The Bertz CT molecular complexity index is 992. The molecule has 8 nitrogen and oxygen atoms in total. The van der Waals surface area contributed by atoms with Crippen LogP contribution < -0.4 is 0 Å². The van der Waals surface area contributed by atoms with Crippen LogP contribution in [0.15, 0.2) is 22.7 Å². The number of nitrogens with zero attached hydrogens (tertiary/aromatic N) is 4. The van der Waals surface area contributed by atoms with Crippen molar-refractivity contribution in [3.05, 3.63) is 35.5 Å². The first-order chi connectivity index (χ1) is 15.8. The van der Waals surface area contributed by atoms with Gasteiger partial charge in [0.2, 0.25) is 23.5 Å². The van der Waals surface area contributed by atoms with Crippen LogP contribution in [-0.2, 0) is 20.7 Å². The van der Waals surface area contributed by atoms with E-state index in [1.165, 1.54) is 6.07 Å². The maximum absolute atomic E-state index is 13.5. The lowest BCUT2D eigenvalue weighted by Gasteiger charge is -2.39. The lowest BCUT2D eigenvalue weighted by molar-refractivity contribution is -0.150. The second kappa shape index (κ2) is 9.99. The molecule has 9 heteroatoms. The topological polar surface area (TPSA) is 88.8 Å². The molecule has 2 aliphatic heterocycles. The van der Waals surface area contributed by atoms with E-state index in [1.54, 1.807) is 19.1 Å². The van der Waals surface area contributed by atoms with Crippen molar-refractivity contribution in [2.75, 3.05) is 26.2 Å². The van der Waals surface area contributed by atoms with E-state index in [-0.39, 0.29) is 42.2 Å². The van der Waals surface area contributed by atoms with Crippen LogP contribution in [-0.4, -0.2) is 70.1 Å². The van der Waals surface area contributed by atoms with E-state index in [0.717, 1.165) is 0 Å². The molecule has 1 aromatic carbocycles. The number of hydrogen-bond donors (Lipinski definition) is 0. The van der Waals surface area contributed by atoms with Crippen molar-refractivity contribution >= 4 is 11.8 Å².